The minimum atomic E-state index is -3.12. The number of H-pyrrole nitrogens is 1. The third-order valence-electron chi connectivity index (χ3n) is 2.75. The van der Waals surface area contributed by atoms with Crippen LogP contribution in [0.15, 0.2) is 35.5 Å². The van der Waals surface area contributed by atoms with Crippen molar-refractivity contribution < 1.29 is 8.42 Å². The average Bonchev–Trinajstić information content (AvgIpc) is 2.92. The summed E-state index contributed by atoms with van der Waals surface area (Å²) in [5.74, 6) is 0.934. The van der Waals surface area contributed by atoms with E-state index in [0.717, 1.165) is 17.9 Å². The van der Waals surface area contributed by atoms with E-state index in [1.807, 2.05) is 0 Å². The van der Waals surface area contributed by atoms with Crippen LogP contribution in [0.5, 0.6) is 0 Å². The van der Waals surface area contributed by atoms with E-state index in [9.17, 15) is 8.42 Å². The summed E-state index contributed by atoms with van der Waals surface area (Å²) in [5.41, 5.74) is 0.884. The molecular weight excluding hydrogens is 264 g/mol. The van der Waals surface area contributed by atoms with E-state index in [1.165, 1.54) is 6.33 Å². The molecular formula is C12H16N4O2S. The second kappa shape index (κ2) is 5.83. The molecule has 0 fully saturated rings. The Bertz CT molecular complexity index is 606. The fraction of sp³-hybridized carbons (Fsp3) is 0.333. The molecule has 0 aliphatic heterocycles. The molecule has 0 bridgehead atoms. The maximum Gasteiger partial charge on any atom is 0.178 e. The molecule has 2 N–H and O–H groups in total. The Morgan fingerprint density at radius 2 is 2.00 bits per heavy atom. The lowest BCUT2D eigenvalue weighted by atomic mass is 10.3. The van der Waals surface area contributed by atoms with Crippen LogP contribution in [-0.4, -0.2) is 35.9 Å². The van der Waals surface area contributed by atoms with Crippen molar-refractivity contribution in [3.8, 4) is 0 Å². The van der Waals surface area contributed by atoms with E-state index in [0.29, 0.717) is 11.4 Å². The highest BCUT2D eigenvalue weighted by Gasteiger charge is 2.10. The molecule has 102 valence electrons. The predicted octanol–water partition coefficient (Wildman–Crippen LogP) is 1.25. The fourth-order valence-electron chi connectivity index (χ4n) is 1.62. The first-order chi connectivity index (χ1) is 9.12. The van der Waals surface area contributed by atoms with Gasteiger partial charge in [-0.05, 0) is 24.3 Å². The SMILES string of the molecule is CCS(=O)(=O)c1ccc(NCCc2ncn[nH]2)cc1. The van der Waals surface area contributed by atoms with Crippen LogP contribution in [0.4, 0.5) is 5.69 Å². The van der Waals surface area contributed by atoms with Crippen LogP contribution in [0.25, 0.3) is 0 Å². The highest BCUT2D eigenvalue weighted by atomic mass is 32.2. The molecule has 6 nitrogen and oxygen atoms in total. The molecule has 0 radical (unpaired) electrons. The normalized spacial score (nSPS) is 11.4. The van der Waals surface area contributed by atoms with Crippen LogP contribution >= 0.6 is 0 Å². The van der Waals surface area contributed by atoms with Crippen molar-refractivity contribution in [2.24, 2.45) is 0 Å². The number of anilines is 1. The molecule has 2 aromatic rings. The van der Waals surface area contributed by atoms with E-state index >= 15 is 0 Å². The molecule has 0 aliphatic rings. The van der Waals surface area contributed by atoms with E-state index in [2.05, 4.69) is 20.5 Å². The average molecular weight is 280 g/mol. The number of hydrogen-bond acceptors (Lipinski definition) is 5. The largest absolute Gasteiger partial charge is 0.385 e. The van der Waals surface area contributed by atoms with Crippen molar-refractivity contribution in [1.29, 1.82) is 0 Å². The van der Waals surface area contributed by atoms with Crippen LogP contribution in [0.1, 0.15) is 12.7 Å². The number of rotatable bonds is 6. The van der Waals surface area contributed by atoms with Crippen LogP contribution in [0.3, 0.4) is 0 Å². The summed E-state index contributed by atoms with van der Waals surface area (Å²) < 4.78 is 23.3. The predicted molar refractivity (Wildman–Crippen MR) is 72.7 cm³/mol. The number of aromatic amines is 1. The number of benzene rings is 1. The van der Waals surface area contributed by atoms with Crippen molar-refractivity contribution in [3.05, 3.63) is 36.4 Å². The summed E-state index contributed by atoms with van der Waals surface area (Å²) in [6.45, 7) is 2.34. The molecule has 1 heterocycles. The molecule has 0 amide bonds. The molecule has 0 unspecified atom stereocenters. The molecule has 1 aromatic heterocycles. The Balaban J connectivity index is 1.92. The maximum atomic E-state index is 11.6. The Labute approximate surface area is 112 Å². The van der Waals surface area contributed by atoms with Crippen LogP contribution < -0.4 is 5.32 Å². The lowest BCUT2D eigenvalue weighted by molar-refractivity contribution is 0.597. The molecule has 0 saturated carbocycles. The molecule has 0 spiro atoms. The van der Waals surface area contributed by atoms with Crippen LogP contribution in [0, 0.1) is 0 Å². The Kier molecular flexibility index (Phi) is 4.16. The number of nitrogens with one attached hydrogen (secondary N) is 2. The minimum Gasteiger partial charge on any atom is -0.385 e. The molecule has 0 atom stereocenters. The van der Waals surface area contributed by atoms with Crippen molar-refractivity contribution >= 4 is 15.5 Å². The monoisotopic (exact) mass is 280 g/mol. The highest BCUT2D eigenvalue weighted by Crippen LogP contribution is 2.15. The molecule has 1 aromatic carbocycles. The summed E-state index contributed by atoms with van der Waals surface area (Å²) in [7, 11) is -3.12. The number of aromatic nitrogens is 3. The zero-order valence-corrected chi connectivity index (χ0v) is 11.4. The minimum absolute atomic E-state index is 0.116. The summed E-state index contributed by atoms with van der Waals surface area (Å²) >= 11 is 0. The summed E-state index contributed by atoms with van der Waals surface area (Å²) in [6, 6.07) is 6.77. The zero-order valence-electron chi connectivity index (χ0n) is 10.6. The highest BCUT2D eigenvalue weighted by molar-refractivity contribution is 7.91. The van der Waals surface area contributed by atoms with E-state index < -0.39 is 9.84 Å². The van der Waals surface area contributed by atoms with Gasteiger partial charge in [0.2, 0.25) is 0 Å². The molecule has 7 heteroatoms. The smallest absolute Gasteiger partial charge is 0.178 e. The lowest BCUT2D eigenvalue weighted by Crippen LogP contribution is -2.07. The van der Waals surface area contributed by atoms with Gasteiger partial charge >= 0.3 is 0 Å². The maximum absolute atomic E-state index is 11.6. The van der Waals surface area contributed by atoms with Crippen molar-refractivity contribution in [1.82, 2.24) is 15.2 Å². The fourth-order valence-corrected chi connectivity index (χ4v) is 2.51. The Morgan fingerprint density at radius 1 is 1.26 bits per heavy atom. The number of sulfone groups is 1. The van der Waals surface area contributed by atoms with Crippen LogP contribution in [-0.2, 0) is 16.3 Å². The molecule has 0 aliphatic carbocycles. The number of nitrogens with zero attached hydrogens (tertiary/aromatic N) is 2. The van der Waals surface area contributed by atoms with Gasteiger partial charge in [0, 0.05) is 18.7 Å². The van der Waals surface area contributed by atoms with Gasteiger partial charge < -0.3 is 5.32 Å². The quantitative estimate of drug-likeness (QED) is 0.831. The van der Waals surface area contributed by atoms with Gasteiger partial charge in [0.15, 0.2) is 9.84 Å². The van der Waals surface area contributed by atoms with Gasteiger partial charge in [-0.25, -0.2) is 13.4 Å². The van der Waals surface area contributed by atoms with E-state index in [4.69, 9.17) is 0 Å². The van der Waals surface area contributed by atoms with Crippen molar-refractivity contribution in [2.75, 3.05) is 17.6 Å². The second-order valence-electron chi connectivity index (χ2n) is 4.04. The van der Waals surface area contributed by atoms with Gasteiger partial charge in [-0.1, -0.05) is 6.92 Å². The van der Waals surface area contributed by atoms with E-state index in [-0.39, 0.29) is 5.75 Å². The molecule has 2 rings (SSSR count). The van der Waals surface area contributed by atoms with Gasteiger partial charge in [0.1, 0.15) is 12.2 Å². The zero-order chi connectivity index (χ0) is 13.7. The van der Waals surface area contributed by atoms with Crippen LogP contribution in [0.2, 0.25) is 0 Å². The third-order valence-corrected chi connectivity index (χ3v) is 4.50. The summed E-state index contributed by atoms with van der Waals surface area (Å²) in [4.78, 5) is 4.38. The second-order valence-corrected chi connectivity index (χ2v) is 6.31. The van der Waals surface area contributed by atoms with E-state index in [1.54, 1.807) is 31.2 Å². The first-order valence-corrected chi connectivity index (χ1v) is 7.68. The molecule has 0 saturated heterocycles. The van der Waals surface area contributed by atoms with Gasteiger partial charge in [-0.3, -0.25) is 5.10 Å². The Morgan fingerprint density at radius 3 is 2.58 bits per heavy atom. The van der Waals surface area contributed by atoms with Gasteiger partial charge in [-0.15, -0.1) is 0 Å². The first kappa shape index (κ1) is 13.5. The lowest BCUT2D eigenvalue weighted by Gasteiger charge is -2.06. The first-order valence-electron chi connectivity index (χ1n) is 6.03. The van der Waals surface area contributed by atoms with Gasteiger partial charge in [0.05, 0.1) is 10.6 Å². The van der Waals surface area contributed by atoms with Crippen molar-refractivity contribution in [3.63, 3.8) is 0 Å². The standard InChI is InChI=1S/C12H16N4O2S/c1-2-19(17,18)11-5-3-10(4-6-11)13-8-7-12-14-9-15-16-12/h3-6,9,13H,2,7-8H2,1H3,(H,14,15,16). The number of hydrogen-bond donors (Lipinski definition) is 2. The topological polar surface area (TPSA) is 87.7 Å². The third kappa shape index (κ3) is 3.54. The molecule has 19 heavy (non-hydrogen) atoms. The van der Waals surface area contributed by atoms with Gasteiger partial charge in [-0.2, -0.15) is 5.10 Å². The Hall–Kier alpha value is -1.89. The summed E-state index contributed by atoms with van der Waals surface area (Å²) in [5, 5.41) is 9.74. The summed E-state index contributed by atoms with van der Waals surface area (Å²) in [6.07, 6.45) is 2.20. The van der Waals surface area contributed by atoms with Gasteiger partial charge in [0.25, 0.3) is 0 Å². The van der Waals surface area contributed by atoms with Crippen molar-refractivity contribution in [2.45, 2.75) is 18.2 Å².